The fraction of sp³-hybridized carbons (Fsp3) is 0.167. The Morgan fingerprint density at radius 1 is 1.00 bits per heavy atom. The minimum atomic E-state index is -0.336. The van der Waals surface area contributed by atoms with Gasteiger partial charge in [-0.05, 0) is 51.1 Å². The van der Waals surface area contributed by atoms with E-state index in [4.69, 9.17) is 4.42 Å². The third-order valence-electron chi connectivity index (χ3n) is 3.59. The lowest BCUT2D eigenvalue weighted by molar-refractivity contribution is 0.101. The lowest BCUT2D eigenvalue weighted by Crippen LogP contribution is -2.02. The zero-order valence-electron chi connectivity index (χ0n) is 12.2. The fourth-order valence-electron chi connectivity index (χ4n) is 2.65. The normalized spacial score (nSPS) is 11.0. The standard InChI is InChI=1S/C18H15FO2/c1-10-6-11(2)8-13(7-10)17(20)18-12(3)15-9-14(19)4-5-16(15)21-18/h4-9H,1-3H3. The quantitative estimate of drug-likeness (QED) is 0.636. The molecule has 0 aliphatic heterocycles. The van der Waals surface area contributed by atoms with Crippen LogP contribution in [0.5, 0.6) is 0 Å². The molecule has 3 aromatic rings. The van der Waals surface area contributed by atoms with E-state index in [2.05, 4.69) is 0 Å². The lowest BCUT2D eigenvalue weighted by Gasteiger charge is -2.03. The molecular weight excluding hydrogens is 267 g/mol. The Balaban J connectivity index is 2.15. The van der Waals surface area contributed by atoms with Crippen molar-refractivity contribution in [3.8, 4) is 0 Å². The lowest BCUT2D eigenvalue weighted by atomic mass is 10.0. The summed E-state index contributed by atoms with van der Waals surface area (Å²) in [6, 6.07) is 9.96. The minimum absolute atomic E-state index is 0.170. The van der Waals surface area contributed by atoms with Crippen LogP contribution < -0.4 is 0 Å². The van der Waals surface area contributed by atoms with E-state index in [9.17, 15) is 9.18 Å². The van der Waals surface area contributed by atoms with Gasteiger partial charge in [0.25, 0.3) is 0 Å². The molecule has 0 fully saturated rings. The maximum Gasteiger partial charge on any atom is 0.228 e. The average Bonchev–Trinajstić information content (AvgIpc) is 2.74. The molecule has 2 nitrogen and oxygen atoms in total. The number of rotatable bonds is 2. The number of hydrogen-bond acceptors (Lipinski definition) is 2. The first-order valence-electron chi connectivity index (χ1n) is 6.77. The Morgan fingerprint density at radius 2 is 1.67 bits per heavy atom. The molecule has 0 amide bonds. The first-order chi connectivity index (χ1) is 9.95. The van der Waals surface area contributed by atoms with E-state index >= 15 is 0 Å². The number of hydrogen-bond donors (Lipinski definition) is 0. The first kappa shape index (κ1) is 13.6. The van der Waals surface area contributed by atoms with Crippen LogP contribution in [0.4, 0.5) is 4.39 Å². The van der Waals surface area contributed by atoms with Gasteiger partial charge in [0.1, 0.15) is 11.4 Å². The number of ketones is 1. The van der Waals surface area contributed by atoms with Gasteiger partial charge in [0, 0.05) is 16.5 Å². The molecule has 0 N–H and O–H groups in total. The molecule has 2 aromatic carbocycles. The average molecular weight is 282 g/mol. The summed E-state index contributed by atoms with van der Waals surface area (Å²) in [6.07, 6.45) is 0. The van der Waals surface area contributed by atoms with Crippen LogP contribution in [-0.4, -0.2) is 5.78 Å². The summed E-state index contributed by atoms with van der Waals surface area (Å²) in [5.74, 6) is -0.228. The molecule has 0 saturated carbocycles. The number of aryl methyl sites for hydroxylation is 3. The molecule has 0 bridgehead atoms. The minimum Gasteiger partial charge on any atom is -0.452 e. The van der Waals surface area contributed by atoms with Gasteiger partial charge in [-0.25, -0.2) is 4.39 Å². The predicted molar refractivity (Wildman–Crippen MR) is 80.3 cm³/mol. The molecule has 106 valence electrons. The van der Waals surface area contributed by atoms with E-state index in [-0.39, 0.29) is 17.4 Å². The summed E-state index contributed by atoms with van der Waals surface area (Å²) in [6.45, 7) is 5.68. The Kier molecular flexibility index (Phi) is 3.13. The zero-order chi connectivity index (χ0) is 15.1. The molecule has 0 atom stereocenters. The van der Waals surface area contributed by atoms with Crippen molar-refractivity contribution < 1.29 is 13.6 Å². The van der Waals surface area contributed by atoms with Crippen molar-refractivity contribution >= 4 is 16.8 Å². The van der Waals surface area contributed by atoms with Crippen molar-refractivity contribution in [2.45, 2.75) is 20.8 Å². The highest BCUT2D eigenvalue weighted by Gasteiger charge is 2.19. The number of fused-ring (bicyclic) bond motifs is 1. The van der Waals surface area contributed by atoms with Crippen molar-refractivity contribution in [1.29, 1.82) is 0 Å². The van der Waals surface area contributed by atoms with Crippen molar-refractivity contribution in [2.75, 3.05) is 0 Å². The molecule has 0 aliphatic rings. The van der Waals surface area contributed by atoms with Crippen molar-refractivity contribution in [3.05, 3.63) is 70.2 Å². The molecule has 3 rings (SSSR count). The van der Waals surface area contributed by atoms with Crippen LogP contribution in [0.15, 0.2) is 40.8 Å². The summed E-state index contributed by atoms with van der Waals surface area (Å²) >= 11 is 0. The van der Waals surface area contributed by atoms with Gasteiger partial charge >= 0.3 is 0 Å². The van der Waals surface area contributed by atoms with Crippen molar-refractivity contribution in [3.63, 3.8) is 0 Å². The number of halogens is 1. The molecule has 0 spiro atoms. The highest BCUT2D eigenvalue weighted by atomic mass is 19.1. The second kappa shape index (κ2) is 4.85. The monoisotopic (exact) mass is 282 g/mol. The van der Waals surface area contributed by atoms with Gasteiger partial charge in [0.2, 0.25) is 5.78 Å². The number of furan rings is 1. The van der Waals surface area contributed by atoms with Crippen molar-refractivity contribution in [2.24, 2.45) is 0 Å². The van der Waals surface area contributed by atoms with E-state index in [1.54, 1.807) is 13.0 Å². The molecular formula is C18H15FO2. The van der Waals surface area contributed by atoms with E-state index in [1.165, 1.54) is 12.1 Å². The summed E-state index contributed by atoms with van der Waals surface area (Å²) < 4.78 is 19.0. The summed E-state index contributed by atoms with van der Waals surface area (Å²) in [7, 11) is 0. The van der Waals surface area contributed by atoms with Gasteiger partial charge in [-0.1, -0.05) is 17.2 Å². The van der Waals surface area contributed by atoms with Crippen LogP contribution in [0.2, 0.25) is 0 Å². The topological polar surface area (TPSA) is 30.2 Å². The van der Waals surface area contributed by atoms with E-state index in [0.29, 0.717) is 22.1 Å². The Hall–Kier alpha value is -2.42. The van der Waals surface area contributed by atoms with Crippen LogP contribution in [0.1, 0.15) is 32.8 Å². The molecule has 0 unspecified atom stereocenters. The summed E-state index contributed by atoms with van der Waals surface area (Å²) in [5.41, 5.74) is 3.85. The second-order valence-corrected chi connectivity index (χ2v) is 5.40. The second-order valence-electron chi connectivity index (χ2n) is 5.40. The first-order valence-corrected chi connectivity index (χ1v) is 6.77. The van der Waals surface area contributed by atoms with E-state index in [1.807, 2.05) is 32.0 Å². The Bertz CT molecular complexity index is 839. The van der Waals surface area contributed by atoms with Crippen LogP contribution in [0.25, 0.3) is 11.0 Å². The Labute approximate surface area is 122 Å². The Morgan fingerprint density at radius 3 is 2.33 bits per heavy atom. The fourth-order valence-corrected chi connectivity index (χ4v) is 2.65. The van der Waals surface area contributed by atoms with Crippen LogP contribution >= 0.6 is 0 Å². The SMILES string of the molecule is Cc1cc(C)cc(C(=O)c2oc3ccc(F)cc3c2C)c1. The number of benzene rings is 2. The molecule has 1 heterocycles. The van der Waals surface area contributed by atoms with Gasteiger partial charge < -0.3 is 4.42 Å². The van der Waals surface area contributed by atoms with E-state index < -0.39 is 0 Å². The van der Waals surface area contributed by atoms with E-state index in [0.717, 1.165) is 11.1 Å². The molecule has 0 aliphatic carbocycles. The van der Waals surface area contributed by atoms with Gasteiger partial charge in [0.15, 0.2) is 5.76 Å². The maximum absolute atomic E-state index is 13.3. The zero-order valence-corrected chi connectivity index (χ0v) is 12.2. The van der Waals surface area contributed by atoms with Gasteiger partial charge in [-0.2, -0.15) is 0 Å². The van der Waals surface area contributed by atoms with Crippen LogP contribution in [0.3, 0.4) is 0 Å². The maximum atomic E-state index is 13.3. The molecule has 0 saturated heterocycles. The molecule has 0 radical (unpaired) electrons. The third-order valence-corrected chi connectivity index (χ3v) is 3.59. The highest BCUT2D eigenvalue weighted by molar-refractivity contribution is 6.10. The predicted octanol–water partition coefficient (Wildman–Crippen LogP) is 4.73. The largest absolute Gasteiger partial charge is 0.452 e. The van der Waals surface area contributed by atoms with Gasteiger partial charge in [-0.15, -0.1) is 0 Å². The number of carbonyl (C=O) groups is 1. The molecule has 1 aromatic heterocycles. The summed E-state index contributed by atoms with van der Waals surface area (Å²) in [5, 5.41) is 0.641. The molecule has 3 heteroatoms. The molecule has 21 heavy (non-hydrogen) atoms. The highest BCUT2D eigenvalue weighted by Crippen LogP contribution is 2.28. The summed E-state index contributed by atoms with van der Waals surface area (Å²) in [4.78, 5) is 12.6. The van der Waals surface area contributed by atoms with Gasteiger partial charge in [-0.3, -0.25) is 4.79 Å². The van der Waals surface area contributed by atoms with Crippen LogP contribution in [0, 0.1) is 26.6 Å². The third kappa shape index (κ3) is 2.35. The number of carbonyl (C=O) groups excluding carboxylic acids is 1. The van der Waals surface area contributed by atoms with Gasteiger partial charge in [0.05, 0.1) is 0 Å². The van der Waals surface area contributed by atoms with Crippen molar-refractivity contribution in [1.82, 2.24) is 0 Å². The smallest absolute Gasteiger partial charge is 0.228 e. The van der Waals surface area contributed by atoms with Crippen LogP contribution in [-0.2, 0) is 0 Å².